The Labute approximate surface area is 148 Å². The number of hydrogen-bond donors (Lipinski definition) is 1. The van der Waals surface area contributed by atoms with Gasteiger partial charge < -0.3 is 9.47 Å². The van der Waals surface area contributed by atoms with Crippen molar-refractivity contribution in [2.24, 2.45) is 5.11 Å². The molecule has 1 aromatic carbocycles. The number of aromatic amines is 1. The predicted molar refractivity (Wildman–Crippen MR) is 93.6 cm³/mol. The zero-order chi connectivity index (χ0) is 18.5. The van der Waals surface area contributed by atoms with Gasteiger partial charge in [0.1, 0.15) is 6.23 Å². The van der Waals surface area contributed by atoms with E-state index in [9.17, 15) is 9.59 Å². The van der Waals surface area contributed by atoms with Gasteiger partial charge in [0.05, 0.1) is 25.4 Å². The van der Waals surface area contributed by atoms with E-state index < -0.39 is 29.6 Å². The van der Waals surface area contributed by atoms with Crippen LogP contribution in [0.15, 0.2) is 51.2 Å². The van der Waals surface area contributed by atoms with Crippen LogP contribution in [0.2, 0.25) is 0 Å². The van der Waals surface area contributed by atoms with Gasteiger partial charge in [0.2, 0.25) is 0 Å². The fourth-order valence-corrected chi connectivity index (χ4v) is 2.89. The number of rotatable bonds is 6. The molecule has 0 unspecified atom stereocenters. The second-order valence-electron chi connectivity index (χ2n) is 6.12. The zero-order valence-electron chi connectivity index (χ0n) is 14.2. The van der Waals surface area contributed by atoms with Gasteiger partial charge in [-0.25, -0.2) is 4.79 Å². The highest BCUT2D eigenvalue weighted by Gasteiger charge is 2.36. The van der Waals surface area contributed by atoms with E-state index in [0.29, 0.717) is 18.6 Å². The molecule has 1 aliphatic rings. The van der Waals surface area contributed by atoms with Gasteiger partial charge >= 0.3 is 5.69 Å². The number of azide groups is 1. The minimum atomic E-state index is -0.626. The summed E-state index contributed by atoms with van der Waals surface area (Å²) in [5.74, 6) is 0. The van der Waals surface area contributed by atoms with E-state index in [2.05, 4.69) is 15.0 Å². The number of nitrogens with zero attached hydrogens (tertiary/aromatic N) is 4. The number of ether oxygens (including phenoxy) is 2. The second-order valence-corrected chi connectivity index (χ2v) is 6.12. The first kappa shape index (κ1) is 17.9. The summed E-state index contributed by atoms with van der Waals surface area (Å²) < 4.78 is 12.9. The van der Waals surface area contributed by atoms with Gasteiger partial charge in [-0.2, -0.15) is 0 Å². The SMILES string of the molecule is Cc1cn([C@H]2C[C@H](N=[N+]=[N-])[C@@H](COCc3ccccc3)O2)c(=O)[nH]c1=O. The molecule has 0 spiro atoms. The molecule has 1 fully saturated rings. The van der Waals surface area contributed by atoms with Gasteiger partial charge in [0, 0.05) is 23.1 Å². The summed E-state index contributed by atoms with van der Waals surface area (Å²) in [6, 6.07) is 9.22. The molecule has 26 heavy (non-hydrogen) atoms. The Morgan fingerprint density at radius 1 is 1.38 bits per heavy atom. The van der Waals surface area contributed by atoms with Crippen molar-refractivity contribution < 1.29 is 9.47 Å². The third-order valence-corrected chi connectivity index (χ3v) is 4.25. The van der Waals surface area contributed by atoms with Crippen molar-refractivity contribution in [2.75, 3.05) is 6.61 Å². The largest absolute Gasteiger partial charge is 0.374 e. The van der Waals surface area contributed by atoms with Crippen molar-refractivity contribution in [3.63, 3.8) is 0 Å². The third-order valence-electron chi connectivity index (χ3n) is 4.25. The molecule has 0 saturated carbocycles. The van der Waals surface area contributed by atoms with Crippen LogP contribution < -0.4 is 11.2 Å². The fourth-order valence-electron chi connectivity index (χ4n) is 2.89. The molecule has 0 radical (unpaired) electrons. The van der Waals surface area contributed by atoms with Crippen LogP contribution in [0.25, 0.3) is 10.4 Å². The average molecular weight is 357 g/mol. The average Bonchev–Trinajstić information content (AvgIpc) is 3.02. The van der Waals surface area contributed by atoms with E-state index in [1.165, 1.54) is 10.8 Å². The van der Waals surface area contributed by atoms with Crippen molar-refractivity contribution in [3.05, 3.63) is 78.9 Å². The molecule has 136 valence electrons. The summed E-state index contributed by atoms with van der Waals surface area (Å²) in [4.78, 5) is 28.7. The van der Waals surface area contributed by atoms with Crippen LogP contribution in [0.3, 0.4) is 0 Å². The first-order valence-corrected chi connectivity index (χ1v) is 8.22. The number of H-pyrrole nitrogens is 1. The summed E-state index contributed by atoms with van der Waals surface area (Å²) in [5, 5.41) is 3.76. The maximum Gasteiger partial charge on any atom is 0.330 e. The maximum atomic E-state index is 12.0. The lowest BCUT2D eigenvalue weighted by Gasteiger charge is -2.17. The van der Waals surface area contributed by atoms with Gasteiger partial charge in [0.25, 0.3) is 5.56 Å². The highest BCUT2D eigenvalue weighted by Crippen LogP contribution is 2.30. The lowest BCUT2D eigenvalue weighted by Crippen LogP contribution is -2.33. The zero-order valence-corrected chi connectivity index (χ0v) is 14.2. The molecule has 3 atom stereocenters. The van der Waals surface area contributed by atoms with E-state index in [1.54, 1.807) is 6.92 Å². The van der Waals surface area contributed by atoms with Crippen molar-refractivity contribution in [3.8, 4) is 0 Å². The second kappa shape index (κ2) is 8.01. The van der Waals surface area contributed by atoms with Crippen molar-refractivity contribution in [1.29, 1.82) is 0 Å². The molecule has 1 N–H and O–H groups in total. The highest BCUT2D eigenvalue weighted by atomic mass is 16.6. The molecule has 9 heteroatoms. The number of hydrogen-bond acceptors (Lipinski definition) is 5. The van der Waals surface area contributed by atoms with Crippen LogP contribution in [0, 0.1) is 6.92 Å². The number of aryl methyl sites for hydroxylation is 1. The smallest absolute Gasteiger partial charge is 0.330 e. The van der Waals surface area contributed by atoms with E-state index in [4.69, 9.17) is 15.0 Å². The van der Waals surface area contributed by atoms with Crippen LogP contribution >= 0.6 is 0 Å². The Morgan fingerprint density at radius 3 is 2.88 bits per heavy atom. The summed E-state index contributed by atoms with van der Waals surface area (Å²) in [5.41, 5.74) is 9.22. The molecule has 2 aromatic rings. The normalized spacial score (nSPS) is 22.1. The molecule has 1 aromatic heterocycles. The van der Waals surface area contributed by atoms with Crippen molar-refractivity contribution in [2.45, 2.75) is 38.3 Å². The Kier molecular flexibility index (Phi) is 5.52. The molecule has 2 heterocycles. The standard InChI is InChI=1S/C17H19N5O4/c1-11-8-22(17(24)19-16(11)23)15-7-13(20-21-18)14(26-15)10-25-9-12-5-3-2-4-6-12/h2-6,8,13-15H,7,9-10H2,1H3,(H,19,23,24)/t13-,14+,15+/m0/s1. The molecule has 0 aliphatic carbocycles. The van der Waals surface area contributed by atoms with Gasteiger partial charge in [-0.1, -0.05) is 35.4 Å². The Hall–Kier alpha value is -2.87. The minimum absolute atomic E-state index is 0.228. The minimum Gasteiger partial charge on any atom is -0.374 e. The highest BCUT2D eigenvalue weighted by molar-refractivity contribution is 5.13. The van der Waals surface area contributed by atoms with Crippen LogP contribution in [-0.2, 0) is 16.1 Å². The van der Waals surface area contributed by atoms with E-state index >= 15 is 0 Å². The van der Waals surface area contributed by atoms with Crippen LogP contribution in [0.1, 0.15) is 23.8 Å². The van der Waals surface area contributed by atoms with E-state index in [0.717, 1.165) is 5.56 Å². The van der Waals surface area contributed by atoms with Crippen LogP contribution in [0.5, 0.6) is 0 Å². The number of nitrogens with one attached hydrogen (secondary N) is 1. The molecule has 0 amide bonds. The summed E-state index contributed by atoms with van der Waals surface area (Å²) in [7, 11) is 0. The Morgan fingerprint density at radius 2 is 2.15 bits per heavy atom. The topological polar surface area (TPSA) is 122 Å². The summed E-state index contributed by atoms with van der Waals surface area (Å²) in [6.07, 6.45) is 0.679. The summed E-state index contributed by atoms with van der Waals surface area (Å²) >= 11 is 0. The number of benzene rings is 1. The Bertz CT molecular complexity index is 917. The van der Waals surface area contributed by atoms with Gasteiger partial charge in [-0.05, 0) is 18.0 Å². The van der Waals surface area contributed by atoms with Crippen LogP contribution in [0.4, 0.5) is 0 Å². The Balaban J connectivity index is 1.70. The van der Waals surface area contributed by atoms with Crippen molar-refractivity contribution in [1.82, 2.24) is 9.55 Å². The lowest BCUT2D eigenvalue weighted by atomic mass is 10.1. The van der Waals surface area contributed by atoms with Crippen LogP contribution in [-0.4, -0.2) is 28.3 Å². The quantitative estimate of drug-likeness (QED) is 0.483. The predicted octanol–water partition coefficient (Wildman–Crippen LogP) is 2.03. The van der Waals surface area contributed by atoms with Gasteiger partial charge in [-0.15, -0.1) is 0 Å². The first-order chi connectivity index (χ1) is 12.6. The third kappa shape index (κ3) is 4.02. The molecule has 3 rings (SSSR count). The van der Waals surface area contributed by atoms with E-state index in [1.807, 2.05) is 30.3 Å². The molecular weight excluding hydrogens is 338 g/mol. The molecule has 0 bridgehead atoms. The summed E-state index contributed by atoms with van der Waals surface area (Å²) in [6.45, 7) is 2.24. The first-order valence-electron chi connectivity index (χ1n) is 8.22. The molecule has 1 saturated heterocycles. The lowest BCUT2D eigenvalue weighted by molar-refractivity contribution is -0.0488. The molecule has 9 nitrogen and oxygen atoms in total. The molecule has 1 aliphatic heterocycles. The fraction of sp³-hybridized carbons (Fsp3) is 0.412. The van der Waals surface area contributed by atoms with E-state index in [-0.39, 0.29) is 6.61 Å². The van der Waals surface area contributed by atoms with Gasteiger partial charge in [-0.3, -0.25) is 14.3 Å². The van der Waals surface area contributed by atoms with Crippen molar-refractivity contribution >= 4 is 0 Å². The van der Waals surface area contributed by atoms with Gasteiger partial charge in [0.15, 0.2) is 0 Å². The maximum absolute atomic E-state index is 12.0. The monoisotopic (exact) mass is 357 g/mol. The number of aromatic nitrogens is 2. The molecular formula is C17H19N5O4.